The van der Waals surface area contributed by atoms with Crippen molar-refractivity contribution in [1.82, 2.24) is 9.88 Å². The van der Waals surface area contributed by atoms with Gasteiger partial charge in [0.15, 0.2) is 0 Å². The highest BCUT2D eigenvalue weighted by molar-refractivity contribution is 5.95. The molecule has 1 aromatic heterocycles. The lowest BCUT2D eigenvalue weighted by Crippen LogP contribution is -2.36. The first-order chi connectivity index (χ1) is 11.5. The number of aliphatic hydroxyl groups excluding tert-OH is 1. The Bertz CT molecular complexity index is 658. The van der Waals surface area contributed by atoms with Gasteiger partial charge in [0.05, 0.1) is 25.4 Å². The summed E-state index contributed by atoms with van der Waals surface area (Å²) in [5.41, 5.74) is 0.705. The summed E-state index contributed by atoms with van der Waals surface area (Å²) in [6.07, 6.45) is 0.600. The number of ether oxygens (including phenoxy) is 1. The number of hydrogen-bond donors (Lipinski definition) is 3. The van der Waals surface area contributed by atoms with E-state index in [9.17, 15) is 14.7 Å². The first-order valence-corrected chi connectivity index (χ1v) is 7.79. The van der Waals surface area contributed by atoms with Crippen molar-refractivity contribution in [3.05, 3.63) is 33.7 Å². The molecule has 0 unspecified atom stereocenters. The number of aryl methyl sites for hydroxylation is 1. The Hall–Kier alpha value is -2.19. The molecule has 8 heteroatoms. The summed E-state index contributed by atoms with van der Waals surface area (Å²) in [5.74, 6) is 0.115. The molecule has 1 aromatic rings. The van der Waals surface area contributed by atoms with Crippen molar-refractivity contribution in [3.63, 3.8) is 0 Å². The van der Waals surface area contributed by atoms with E-state index in [1.807, 2.05) is 6.92 Å². The van der Waals surface area contributed by atoms with Crippen LogP contribution in [-0.2, 0) is 16.0 Å². The molecule has 3 N–H and O–H groups in total. The van der Waals surface area contributed by atoms with Crippen molar-refractivity contribution in [3.8, 4) is 0 Å². The van der Waals surface area contributed by atoms with E-state index in [0.717, 1.165) is 0 Å². The number of aromatic nitrogens is 1. The molecule has 0 saturated carbocycles. The zero-order valence-corrected chi connectivity index (χ0v) is 13.5. The van der Waals surface area contributed by atoms with Gasteiger partial charge in [-0.15, -0.1) is 0 Å². The number of carbonyl (C=O) groups excluding carboxylic acids is 1. The van der Waals surface area contributed by atoms with Crippen LogP contribution in [-0.4, -0.2) is 65.4 Å². The Labute approximate surface area is 139 Å². The van der Waals surface area contributed by atoms with E-state index < -0.39 is 0 Å². The molecule has 0 bridgehead atoms. The minimum atomic E-state index is -0.315. The molecule has 3 heterocycles. The van der Waals surface area contributed by atoms with Crippen LogP contribution in [0.15, 0.2) is 16.9 Å². The van der Waals surface area contributed by atoms with Crippen molar-refractivity contribution in [2.24, 2.45) is 11.3 Å². The van der Waals surface area contributed by atoms with Crippen molar-refractivity contribution in [2.45, 2.75) is 13.3 Å². The number of pyridine rings is 1. The summed E-state index contributed by atoms with van der Waals surface area (Å²) >= 11 is 0. The average molecular weight is 338 g/mol. The molecular weight excluding hydrogens is 316 g/mol. The average Bonchev–Trinajstić information content (AvgIpc) is 3.12. The van der Waals surface area contributed by atoms with Gasteiger partial charge in [-0.25, -0.2) is 0 Å². The van der Waals surface area contributed by atoms with Crippen molar-refractivity contribution in [1.29, 1.82) is 0 Å². The van der Waals surface area contributed by atoms with Gasteiger partial charge in [-0.2, -0.15) is 0 Å². The molecule has 2 saturated heterocycles. The number of amides is 1. The van der Waals surface area contributed by atoms with Gasteiger partial charge >= 0.3 is 0 Å². The summed E-state index contributed by atoms with van der Waals surface area (Å²) in [7, 11) is 0. The van der Waals surface area contributed by atoms with Crippen LogP contribution in [0.1, 0.15) is 23.0 Å². The number of aliphatic hydroxyl groups is 1. The molecule has 0 aromatic carbocycles. The highest BCUT2D eigenvalue weighted by Gasteiger charge is 2.51. The standard InChI is InChI=1S/C15H20N2O4.CH2O2/c1-2-12-11(3-4-13(19)16-12)14(20)17-5-10-6-21-9-15(10,7-17)8-18;2-1-3/h3-4,10,18H,2,5-9H2,1H3,(H,16,19);1H,(H,2,3)/t10-,15-;/m0./s1. The minimum absolute atomic E-state index is 0.0354. The number of aromatic amines is 1. The van der Waals surface area contributed by atoms with Gasteiger partial charge in [0.2, 0.25) is 5.56 Å². The summed E-state index contributed by atoms with van der Waals surface area (Å²) < 4.78 is 5.45. The van der Waals surface area contributed by atoms with Crippen LogP contribution in [0.3, 0.4) is 0 Å². The fourth-order valence-corrected chi connectivity index (χ4v) is 3.38. The summed E-state index contributed by atoms with van der Waals surface area (Å²) in [6.45, 7) is 3.90. The van der Waals surface area contributed by atoms with Crippen LogP contribution < -0.4 is 5.56 Å². The largest absolute Gasteiger partial charge is 0.483 e. The Balaban J connectivity index is 0.000000647. The number of nitrogens with one attached hydrogen (secondary N) is 1. The predicted octanol–water partition coefficient (Wildman–Crippen LogP) is -0.281. The molecule has 2 atom stereocenters. The second-order valence-electron chi connectivity index (χ2n) is 6.09. The highest BCUT2D eigenvalue weighted by Crippen LogP contribution is 2.41. The molecule has 2 fully saturated rings. The molecule has 2 aliphatic rings. The lowest BCUT2D eigenvalue weighted by molar-refractivity contribution is -0.122. The van der Waals surface area contributed by atoms with E-state index in [1.54, 1.807) is 11.0 Å². The number of likely N-dealkylation sites (tertiary alicyclic amines) is 1. The van der Waals surface area contributed by atoms with Gasteiger partial charge in [-0.1, -0.05) is 6.92 Å². The van der Waals surface area contributed by atoms with E-state index in [2.05, 4.69) is 4.98 Å². The number of fused-ring (bicyclic) bond motifs is 1. The van der Waals surface area contributed by atoms with Crippen molar-refractivity contribution >= 4 is 12.4 Å². The van der Waals surface area contributed by atoms with Crippen LogP contribution in [0.25, 0.3) is 0 Å². The summed E-state index contributed by atoms with van der Waals surface area (Å²) in [6, 6.07) is 2.98. The van der Waals surface area contributed by atoms with Crippen LogP contribution in [0.2, 0.25) is 0 Å². The number of H-pyrrole nitrogens is 1. The molecule has 3 rings (SSSR count). The third kappa shape index (κ3) is 3.34. The second-order valence-corrected chi connectivity index (χ2v) is 6.09. The number of carboxylic acid groups (broad SMARTS) is 1. The monoisotopic (exact) mass is 338 g/mol. The minimum Gasteiger partial charge on any atom is -0.483 e. The van der Waals surface area contributed by atoms with E-state index in [1.165, 1.54) is 6.07 Å². The van der Waals surface area contributed by atoms with Crippen LogP contribution >= 0.6 is 0 Å². The van der Waals surface area contributed by atoms with E-state index in [-0.39, 0.29) is 35.9 Å². The third-order valence-corrected chi connectivity index (χ3v) is 4.71. The van der Waals surface area contributed by atoms with Gasteiger partial charge < -0.3 is 24.8 Å². The molecule has 2 aliphatic heterocycles. The normalized spacial score (nSPS) is 24.9. The number of rotatable bonds is 3. The molecule has 0 spiro atoms. The molecule has 8 nitrogen and oxygen atoms in total. The highest BCUT2D eigenvalue weighted by atomic mass is 16.5. The Morgan fingerprint density at radius 2 is 2.25 bits per heavy atom. The first-order valence-electron chi connectivity index (χ1n) is 7.79. The maximum Gasteiger partial charge on any atom is 0.290 e. The van der Waals surface area contributed by atoms with Gasteiger partial charge in [-0.3, -0.25) is 14.4 Å². The third-order valence-electron chi connectivity index (χ3n) is 4.71. The maximum absolute atomic E-state index is 12.7. The summed E-state index contributed by atoms with van der Waals surface area (Å²) in [5, 5.41) is 16.6. The topological polar surface area (TPSA) is 120 Å². The van der Waals surface area contributed by atoms with E-state index in [0.29, 0.717) is 44.0 Å². The van der Waals surface area contributed by atoms with E-state index >= 15 is 0 Å². The zero-order chi connectivity index (χ0) is 17.7. The fourth-order valence-electron chi connectivity index (χ4n) is 3.38. The smallest absolute Gasteiger partial charge is 0.290 e. The quantitative estimate of drug-likeness (QED) is 0.652. The van der Waals surface area contributed by atoms with Crippen LogP contribution in [0.4, 0.5) is 0 Å². The molecule has 0 aliphatic carbocycles. The van der Waals surface area contributed by atoms with Crippen LogP contribution in [0, 0.1) is 11.3 Å². The number of hydrogen-bond acceptors (Lipinski definition) is 5. The van der Waals surface area contributed by atoms with Gasteiger partial charge in [0.1, 0.15) is 0 Å². The molecule has 24 heavy (non-hydrogen) atoms. The van der Waals surface area contributed by atoms with Gasteiger partial charge in [-0.05, 0) is 12.5 Å². The van der Waals surface area contributed by atoms with Crippen molar-refractivity contribution in [2.75, 3.05) is 32.9 Å². The molecular formula is C16H22N2O6. The predicted molar refractivity (Wildman–Crippen MR) is 84.9 cm³/mol. The van der Waals surface area contributed by atoms with E-state index in [4.69, 9.17) is 14.6 Å². The van der Waals surface area contributed by atoms with Gasteiger partial charge in [0.25, 0.3) is 12.4 Å². The number of nitrogens with zero attached hydrogens (tertiary/aromatic N) is 1. The molecule has 132 valence electrons. The molecule has 0 radical (unpaired) electrons. The van der Waals surface area contributed by atoms with Crippen molar-refractivity contribution < 1.29 is 24.5 Å². The zero-order valence-electron chi connectivity index (χ0n) is 13.5. The van der Waals surface area contributed by atoms with Crippen LogP contribution in [0.5, 0.6) is 0 Å². The number of carbonyl (C=O) groups is 2. The Morgan fingerprint density at radius 3 is 2.83 bits per heavy atom. The van der Waals surface area contributed by atoms with Gasteiger partial charge in [0, 0.05) is 36.2 Å². The summed E-state index contributed by atoms with van der Waals surface area (Å²) in [4.78, 5) is 36.9. The Morgan fingerprint density at radius 1 is 1.54 bits per heavy atom. The lowest BCUT2D eigenvalue weighted by atomic mass is 9.82. The maximum atomic E-state index is 12.7. The SMILES string of the molecule is CCc1[nH]c(=O)ccc1C(=O)N1C[C@H]2COC[C@@]2(CO)C1.O=CO. The molecule has 1 amide bonds. The Kier molecular flexibility index (Phi) is 5.74. The fraction of sp³-hybridized carbons (Fsp3) is 0.562. The first kappa shape index (κ1) is 18.2. The second kappa shape index (κ2) is 7.59. The lowest BCUT2D eigenvalue weighted by Gasteiger charge is -2.24.